The molecule has 144 valence electrons. The van der Waals surface area contributed by atoms with Crippen molar-refractivity contribution in [1.29, 1.82) is 0 Å². The lowest BCUT2D eigenvalue weighted by atomic mass is 10.0. The maximum atomic E-state index is 13.0. The van der Waals surface area contributed by atoms with Crippen LogP contribution in [0.4, 0.5) is 0 Å². The van der Waals surface area contributed by atoms with Gasteiger partial charge in [-0.05, 0) is 30.4 Å². The highest BCUT2D eigenvalue weighted by molar-refractivity contribution is 5.90. The first-order valence-corrected chi connectivity index (χ1v) is 9.38. The Morgan fingerprint density at radius 1 is 1.30 bits per heavy atom. The summed E-state index contributed by atoms with van der Waals surface area (Å²) in [5.41, 5.74) is 7.89. The minimum atomic E-state index is -0.616. The molecule has 2 unspecified atom stereocenters. The predicted molar refractivity (Wildman–Crippen MR) is 109 cm³/mol. The maximum absolute atomic E-state index is 13.0. The van der Waals surface area contributed by atoms with Crippen molar-refractivity contribution >= 4 is 11.8 Å². The van der Waals surface area contributed by atoms with E-state index < -0.39 is 12.1 Å². The maximum Gasteiger partial charge on any atom is 0.243 e. The fraction of sp³-hybridized carbons (Fsp3) is 0.364. The average Bonchev–Trinajstić information content (AvgIpc) is 2.85. The van der Waals surface area contributed by atoms with Gasteiger partial charge in [0.05, 0.1) is 6.04 Å². The fourth-order valence-corrected chi connectivity index (χ4v) is 3.24. The topological polar surface area (TPSA) is 75.4 Å². The number of nitrogens with zero attached hydrogens (tertiary/aromatic N) is 1. The highest BCUT2D eigenvalue weighted by atomic mass is 16.2. The zero-order valence-electron chi connectivity index (χ0n) is 15.8. The summed E-state index contributed by atoms with van der Waals surface area (Å²) < 4.78 is 0. The van der Waals surface area contributed by atoms with E-state index >= 15 is 0 Å². The number of hydrogen-bond donors (Lipinski definition) is 2. The van der Waals surface area contributed by atoms with Gasteiger partial charge in [0.1, 0.15) is 6.04 Å². The fourth-order valence-electron chi connectivity index (χ4n) is 3.24. The van der Waals surface area contributed by atoms with Crippen molar-refractivity contribution in [2.45, 2.75) is 44.3 Å². The van der Waals surface area contributed by atoms with Crippen LogP contribution in [0.5, 0.6) is 0 Å². The van der Waals surface area contributed by atoms with Crippen molar-refractivity contribution in [1.82, 2.24) is 10.2 Å². The van der Waals surface area contributed by atoms with Crippen LogP contribution in [0.25, 0.3) is 0 Å². The number of benzene rings is 1. The molecule has 0 aliphatic carbocycles. The number of hydrogen-bond acceptors (Lipinski definition) is 3. The summed E-state index contributed by atoms with van der Waals surface area (Å²) >= 11 is 0. The van der Waals surface area contributed by atoms with Gasteiger partial charge in [-0.2, -0.15) is 0 Å². The lowest BCUT2D eigenvalue weighted by molar-refractivity contribution is -0.141. The Kier molecular flexibility index (Phi) is 8.01. The van der Waals surface area contributed by atoms with Crippen LogP contribution in [0, 0.1) is 0 Å². The summed E-state index contributed by atoms with van der Waals surface area (Å²) in [6.45, 7) is 8.46. The minimum Gasteiger partial charge on any atom is -0.350 e. The van der Waals surface area contributed by atoms with Crippen LogP contribution in [0.2, 0.25) is 0 Å². The minimum absolute atomic E-state index is 0.158. The zero-order valence-corrected chi connectivity index (χ0v) is 15.8. The lowest BCUT2D eigenvalue weighted by Gasteiger charge is -2.31. The molecular weight excluding hydrogens is 338 g/mol. The van der Waals surface area contributed by atoms with Crippen LogP contribution >= 0.6 is 0 Å². The molecule has 1 aromatic rings. The first-order chi connectivity index (χ1) is 13.1. The van der Waals surface area contributed by atoms with Crippen molar-refractivity contribution in [3.8, 4) is 0 Å². The standard InChI is InChI=1S/C22H29N3O2/c1-3-10-17(4-2)15-20(25-14-9-8-13-19(23)22(25)27)21(26)24-16-18-11-6-5-7-12-18/h3-7,10-12,19-20H,1-2,8-9,13-16,23H2,(H,24,26)/b17-10+. The first kappa shape index (κ1) is 20.6. The van der Waals surface area contributed by atoms with Gasteiger partial charge in [0.15, 0.2) is 0 Å². The van der Waals surface area contributed by atoms with Crippen LogP contribution in [0.15, 0.2) is 67.3 Å². The number of nitrogens with one attached hydrogen (secondary N) is 1. The molecule has 2 atom stereocenters. The summed E-state index contributed by atoms with van der Waals surface area (Å²) in [5.74, 6) is -0.340. The Bertz CT molecular complexity index is 697. The Morgan fingerprint density at radius 3 is 2.70 bits per heavy atom. The molecule has 5 heteroatoms. The van der Waals surface area contributed by atoms with Crippen LogP contribution < -0.4 is 11.1 Å². The Balaban J connectivity index is 2.20. The van der Waals surface area contributed by atoms with Crippen molar-refractivity contribution in [3.63, 3.8) is 0 Å². The molecule has 0 radical (unpaired) electrons. The third-order valence-corrected chi connectivity index (χ3v) is 4.78. The quantitative estimate of drug-likeness (QED) is 0.694. The van der Waals surface area contributed by atoms with E-state index in [2.05, 4.69) is 18.5 Å². The van der Waals surface area contributed by atoms with Gasteiger partial charge in [-0.3, -0.25) is 9.59 Å². The second kappa shape index (κ2) is 10.5. The van der Waals surface area contributed by atoms with E-state index in [1.165, 1.54) is 0 Å². The molecule has 0 aromatic heterocycles. The number of allylic oxidation sites excluding steroid dienone is 3. The van der Waals surface area contributed by atoms with Crippen molar-refractivity contribution < 1.29 is 9.59 Å². The second-order valence-corrected chi connectivity index (χ2v) is 6.74. The van der Waals surface area contributed by atoms with E-state index in [4.69, 9.17) is 5.73 Å². The Hall–Kier alpha value is -2.66. The van der Waals surface area contributed by atoms with Gasteiger partial charge in [0.25, 0.3) is 0 Å². The summed E-state index contributed by atoms with van der Waals surface area (Å²) in [5, 5.41) is 2.96. The molecule has 1 aliphatic rings. The molecule has 27 heavy (non-hydrogen) atoms. The van der Waals surface area contributed by atoms with Crippen molar-refractivity contribution in [2.24, 2.45) is 5.73 Å². The highest BCUT2D eigenvalue weighted by Gasteiger charge is 2.33. The average molecular weight is 367 g/mol. The molecular formula is C22H29N3O2. The molecule has 0 spiro atoms. The van der Waals surface area contributed by atoms with Gasteiger partial charge < -0.3 is 16.0 Å². The summed E-state index contributed by atoms with van der Waals surface area (Å²) in [7, 11) is 0. The van der Waals surface area contributed by atoms with Crippen molar-refractivity contribution in [2.75, 3.05) is 6.54 Å². The van der Waals surface area contributed by atoms with E-state index in [0.29, 0.717) is 25.9 Å². The lowest BCUT2D eigenvalue weighted by Crippen LogP contribution is -2.53. The predicted octanol–water partition coefficient (Wildman–Crippen LogP) is 2.70. The van der Waals surface area contributed by atoms with Crippen LogP contribution in [0.1, 0.15) is 31.2 Å². The molecule has 1 aromatic carbocycles. The van der Waals surface area contributed by atoms with Crippen LogP contribution in [-0.2, 0) is 16.1 Å². The number of carbonyl (C=O) groups is 2. The summed E-state index contributed by atoms with van der Waals surface area (Å²) in [6.07, 6.45) is 7.94. The van der Waals surface area contributed by atoms with E-state index in [-0.39, 0.29) is 11.8 Å². The van der Waals surface area contributed by atoms with Gasteiger partial charge in [-0.1, -0.05) is 61.7 Å². The van der Waals surface area contributed by atoms with Crippen molar-refractivity contribution in [3.05, 3.63) is 72.9 Å². The molecule has 2 amide bonds. The molecule has 1 fully saturated rings. The van der Waals surface area contributed by atoms with E-state index in [1.807, 2.05) is 36.4 Å². The largest absolute Gasteiger partial charge is 0.350 e. The SMILES string of the molecule is C=C/C=C(\C=C)CC(C(=O)NCc1ccccc1)N1CCCCC(N)C1=O. The third kappa shape index (κ3) is 5.93. The van der Waals surface area contributed by atoms with Gasteiger partial charge in [-0.25, -0.2) is 0 Å². The molecule has 0 bridgehead atoms. The number of carbonyl (C=O) groups excluding carboxylic acids is 2. The normalized spacial score (nSPS) is 19.1. The monoisotopic (exact) mass is 367 g/mol. The van der Waals surface area contributed by atoms with Gasteiger partial charge in [-0.15, -0.1) is 0 Å². The zero-order chi connectivity index (χ0) is 19.6. The highest BCUT2D eigenvalue weighted by Crippen LogP contribution is 2.19. The number of rotatable bonds is 8. The Morgan fingerprint density at radius 2 is 2.04 bits per heavy atom. The molecule has 1 heterocycles. The molecule has 5 nitrogen and oxygen atoms in total. The third-order valence-electron chi connectivity index (χ3n) is 4.78. The molecule has 0 saturated carbocycles. The van der Waals surface area contributed by atoms with E-state index in [0.717, 1.165) is 24.0 Å². The molecule has 1 saturated heterocycles. The smallest absolute Gasteiger partial charge is 0.243 e. The molecule has 1 aliphatic heterocycles. The van der Waals surface area contributed by atoms with Gasteiger partial charge in [0, 0.05) is 19.5 Å². The van der Waals surface area contributed by atoms with E-state index in [1.54, 1.807) is 17.1 Å². The number of nitrogens with two attached hydrogens (primary N) is 1. The molecule has 3 N–H and O–H groups in total. The number of likely N-dealkylation sites (tertiary alicyclic amines) is 1. The summed E-state index contributed by atoms with van der Waals surface area (Å²) in [4.78, 5) is 27.4. The van der Waals surface area contributed by atoms with Gasteiger partial charge >= 0.3 is 0 Å². The molecule has 2 rings (SSSR count). The second-order valence-electron chi connectivity index (χ2n) is 6.74. The summed E-state index contributed by atoms with van der Waals surface area (Å²) in [6, 6.07) is 8.53. The van der Waals surface area contributed by atoms with Gasteiger partial charge in [0.2, 0.25) is 11.8 Å². The van der Waals surface area contributed by atoms with Crippen LogP contribution in [0.3, 0.4) is 0 Å². The Labute approximate surface area is 161 Å². The van der Waals surface area contributed by atoms with E-state index in [9.17, 15) is 9.59 Å². The van der Waals surface area contributed by atoms with Crippen LogP contribution in [-0.4, -0.2) is 35.3 Å². The first-order valence-electron chi connectivity index (χ1n) is 9.38. The number of amides is 2.